The summed E-state index contributed by atoms with van der Waals surface area (Å²) in [5, 5.41) is 6.05. The van der Waals surface area contributed by atoms with E-state index >= 15 is 0 Å². The van der Waals surface area contributed by atoms with Crippen LogP contribution in [0.4, 0.5) is 4.79 Å². The number of rotatable bonds is 6. The highest BCUT2D eigenvalue weighted by Crippen LogP contribution is 2.57. The Morgan fingerprint density at radius 2 is 2.30 bits per heavy atom. The number of nitrogens with one attached hydrogen (secondary N) is 1. The molecular formula is C15H19N3O5. The number of carbonyl (C=O) groups is 3. The van der Waals surface area contributed by atoms with Gasteiger partial charge < -0.3 is 14.9 Å². The first-order chi connectivity index (χ1) is 10.8. The van der Waals surface area contributed by atoms with Gasteiger partial charge >= 0.3 is 12.0 Å². The molecule has 124 valence electrons. The lowest BCUT2D eigenvalue weighted by molar-refractivity contribution is -0.161. The molecule has 0 bridgehead atoms. The Bertz CT molecular complexity index is 576. The molecule has 8 nitrogen and oxygen atoms in total. The normalized spacial score (nSPS) is 26.6. The Morgan fingerprint density at radius 3 is 2.83 bits per heavy atom. The van der Waals surface area contributed by atoms with Crippen molar-refractivity contribution in [3.05, 3.63) is 0 Å². The molecular weight excluding hydrogens is 302 g/mol. The smallest absolute Gasteiger partial charge is 0.327 e. The fraction of sp³-hybridized carbons (Fsp3) is 0.600. The van der Waals surface area contributed by atoms with Gasteiger partial charge in [0.15, 0.2) is 6.23 Å². The highest BCUT2D eigenvalue weighted by molar-refractivity contribution is 6.02. The van der Waals surface area contributed by atoms with Crippen molar-refractivity contribution in [1.29, 1.82) is 0 Å². The van der Waals surface area contributed by atoms with Crippen LogP contribution >= 0.6 is 0 Å². The Hall–Kier alpha value is -2.56. The molecule has 1 aliphatic carbocycles. The summed E-state index contributed by atoms with van der Waals surface area (Å²) in [7, 11) is 1.42. The summed E-state index contributed by atoms with van der Waals surface area (Å²) in [6, 6.07) is -0.615. The highest BCUT2D eigenvalue weighted by Gasteiger charge is 2.62. The van der Waals surface area contributed by atoms with Gasteiger partial charge in [-0.2, -0.15) is 0 Å². The molecule has 3 amide bonds. The number of ether oxygens (including phenoxy) is 1. The topological polar surface area (TPSA) is 97.3 Å². The minimum absolute atomic E-state index is 0.0606. The monoisotopic (exact) mass is 321 g/mol. The number of urea groups is 1. The van der Waals surface area contributed by atoms with E-state index in [0.29, 0.717) is 0 Å². The molecule has 23 heavy (non-hydrogen) atoms. The maximum atomic E-state index is 12.4. The Morgan fingerprint density at radius 1 is 1.61 bits per heavy atom. The fourth-order valence-corrected chi connectivity index (χ4v) is 2.75. The minimum atomic E-state index is -1.10. The van der Waals surface area contributed by atoms with Crippen LogP contribution in [0.2, 0.25) is 0 Å². The largest absolute Gasteiger partial charge is 0.440 e. The van der Waals surface area contributed by atoms with E-state index < -0.39 is 30.1 Å². The summed E-state index contributed by atoms with van der Waals surface area (Å²) in [5.41, 5.74) is -0.336. The second kappa shape index (κ2) is 6.28. The predicted octanol–water partition coefficient (Wildman–Crippen LogP) is 0.335. The Labute approximate surface area is 134 Å². The summed E-state index contributed by atoms with van der Waals surface area (Å²) >= 11 is 0. The molecule has 0 aromatic carbocycles. The molecule has 3 atom stereocenters. The fourth-order valence-electron chi connectivity index (χ4n) is 2.75. The van der Waals surface area contributed by atoms with Gasteiger partial charge in [-0.05, 0) is 5.41 Å². The molecule has 1 saturated carbocycles. The van der Waals surface area contributed by atoms with Gasteiger partial charge in [0, 0.05) is 12.1 Å². The third-order valence-electron chi connectivity index (χ3n) is 4.20. The second-order valence-electron chi connectivity index (χ2n) is 5.98. The number of hydrogen-bond donors (Lipinski definition) is 1. The van der Waals surface area contributed by atoms with E-state index in [1.807, 2.05) is 13.8 Å². The van der Waals surface area contributed by atoms with E-state index in [9.17, 15) is 14.4 Å². The summed E-state index contributed by atoms with van der Waals surface area (Å²) in [4.78, 5) is 41.3. The van der Waals surface area contributed by atoms with Crippen LogP contribution in [-0.2, 0) is 19.2 Å². The lowest BCUT2D eigenvalue weighted by Gasteiger charge is -2.23. The molecule has 0 radical (unpaired) electrons. The van der Waals surface area contributed by atoms with Crippen molar-refractivity contribution in [3.8, 4) is 12.3 Å². The zero-order valence-corrected chi connectivity index (χ0v) is 13.2. The number of oxime groups is 1. The van der Waals surface area contributed by atoms with Crippen molar-refractivity contribution in [1.82, 2.24) is 10.2 Å². The number of hydrogen-bond acceptors (Lipinski definition) is 6. The maximum Gasteiger partial charge on any atom is 0.327 e. The van der Waals surface area contributed by atoms with Gasteiger partial charge in [-0.25, -0.2) is 9.69 Å². The number of terminal acetylenes is 1. The van der Waals surface area contributed by atoms with Gasteiger partial charge in [-0.3, -0.25) is 9.59 Å². The Kier molecular flexibility index (Phi) is 4.59. The van der Waals surface area contributed by atoms with Crippen LogP contribution in [0.25, 0.3) is 0 Å². The first-order valence-corrected chi connectivity index (χ1v) is 7.15. The molecule has 0 aromatic rings. The highest BCUT2D eigenvalue weighted by atomic mass is 16.6. The third kappa shape index (κ3) is 3.13. The molecule has 1 heterocycles. The number of imide groups is 1. The molecule has 2 aliphatic rings. The molecule has 1 aliphatic heterocycles. The molecule has 8 heteroatoms. The summed E-state index contributed by atoms with van der Waals surface area (Å²) in [6.45, 7) is 3.67. The number of amides is 3. The van der Waals surface area contributed by atoms with Gasteiger partial charge in [-0.1, -0.05) is 19.0 Å². The average molecular weight is 321 g/mol. The number of carbonyl (C=O) groups excluding carboxylic acids is 3. The van der Waals surface area contributed by atoms with Crippen LogP contribution in [0.3, 0.4) is 0 Å². The van der Waals surface area contributed by atoms with E-state index in [4.69, 9.17) is 11.2 Å². The minimum Gasteiger partial charge on any atom is -0.440 e. The van der Waals surface area contributed by atoms with Crippen molar-refractivity contribution >= 4 is 24.1 Å². The average Bonchev–Trinajstić information content (AvgIpc) is 2.87. The lowest BCUT2D eigenvalue weighted by atomic mass is 10.1. The van der Waals surface area contributed by atoms with E-state index in [2.05, 4.69) is 21.2 Å². The molecule has 0 spiro atoms. The van der Waals surface area contributed by atoms with Crippen molar-refractivity contribution < 1.29 is 24.0 Å². The van der Waals surface area contributed by atoms with E-state index in [0.717, 1.165) is 4.90 Å². The van der Waals surface area contributed by atoms with E-state index in [-0.39, 0.29) is 24.3 Å². The van der Waals surface area contributed by atoms with E-state index in [1.54, 1.807) is 6.21 Å². The van der Waals surface area contributed by atoms with Crippen LogP contribution in [0.1, 0.15) is 20.3 Å². The van der Waals surface area contributed by atoms with Crippen LogP contribution in [-0.4, -0.2) is 48.9 Å². The molecule has 1 saturated heterocycles. The van der Waals surface area contributed by atoms with Crippen molar-refractivity contribution in [2.45, 2.75) is 26.5 Å². The molecule has 2 fully saturated rings. The third-order valence-corrected chi connectivity index (χ3v) is 4.20. The molecule has 2 rings (SSSR count). The SMILES string of the molecule is C#CCC(OC(=O)C1C(C=NOC)C1(C)C)N1C(=O)CNC1=O. The van der Waals surface area contributed by atoms with Crippen molar-refractivity contribution in [3.63, 3.8) is 0 Å². The quantitative estimate of drug-likeness (QED) is 0.250. The Balaban J connectivity index is 2.08. The van der Waals surface area contributed by atoms with E-state index in [1.165, 1.54) is 7.11 Å². The summed E-state index contributed by atoms with van der Waals surface area (Å²) < 4.78 is 5.35. The number of esters is 1. The van der Waals surface area contributed by atoms with Gasteiger partial charge in [0.25, 0.3) is 5.91 Å². The standard InChI is InChI=1S/C15H19N3O5/c1-5-6-11(18-10(19)8-16-14(18)21)23-13(20)12-9(7-17-22-4)15(12,2)3/h1,7,9,11-12H,6,8H2,2-4H3,(H,16,21). The molecule has 0 aromatic heterocycles. The second-order valence-corrected chi connectivity index (χ2v) is 5.98. The predicted molar refractivity (Wildman–Crippen MR) is 79.8 cm³/mol. The van der Waals surface area contributed by atoms with Crippen LogP contribution in [0.15, 0.2) is 5.16 Å². The summed E-state index contributed by atoms with van der Waals surface area (Å²) in [6.07, 6.45) is 5.65. The van der Waals surface area contributed by atoms with Crippen LogP contribution in [0.5, 0.6) is 0 Å². The first-order valence-electron chi connectivity index (χ1n) is 7.15. The summed E-state index contributed by atoms with van der Waals surface area (Å²) in [5.74, 6) is 0.762. The molecule has 1 N–H and O–H groups in total. The maximum absolute atomic E-state index is 12.4. The number of nitrogens with zero attached hydrogens (tertiary/aromatic N) is 2. The molecule has 3 unspecified atom stereocenters. The lowest BCUT2D eigenvalue weighted by Crippen LogP contribution is -2.43. The van der Waals surface area contributed by atoms with Gasteiger partial charge in [0.2, 0.25) is 0 Å². The zero-order valence-electron chi connectivity index (χ0n) is 13.2. The zero-order chi connectivity index (χ0) is 17.2. The first kappa shape index (κ1) is 16.8. The van der Waals surface area contributed by atoms with Gasteiger partial charge in [0.05, 0.1) is 18.9 Å². The van der Waals surface area contributed by atoms with Gasteiger partial charge in [-0.15, -0.1) is 12.3 Å². The van der Waals surface area contributed by atoms with Crippen molar-refractivity contribution in [2.75, 3.05) is 13.7 Å². The van der Waals surface area contributed by atoms with Crippen LogP contribution in [0, 0.1) is 29.6 Å². The van der Waals surface area contributed by atoms with Gasteiger partial charge in [0.1, 0.15) is 7.11 Å². The van der Waals surface area contributed by atoms with Crippen molar-refractivity contribution in [2.24, 2.45) is 22.4 Å². The van der Waals surface area contributed by atoms with Crippen LogP contribution < -0.4 is 5.32 Å².